The van der Waals surface area contributed by atoms with Crippen LogP contribution < -0.4 is 10.1 Å². The zero-order valence-corrected chi connectivity index (χ0v) is 14.4. The van der Waals surface area contributed by atoms with Crippen molar-refractivity contribution in [3.05, 3.63) is 29.8 Å². The molecule has 0 aromatic heterocycles. The predicted molar refractivity (Wildman–Crippen MR) is 90.9 cm³/mol. The maximum atomic E-state index is 5.87. The second-order valence-corrected chi connectivity index (χ2v) is 6.26. The highest BCUT2D eigenvalue weighted by molar-refractivity contribution is 5.27. The van der Waals surface area contributed by atoms with Crippen LogP contribution in [0.4, 0.5) is 0 Å². The molecule has 21 heavy (non-hydrogen) atoms. The van der Waals surface area contributed by atoms with Crippen LogP contribution in [0.3, 0.4) is 0 Å². The largest absolute Gasteiger partial charge is 0.492 e. The molecule has 3 heteroatoms. The Bertz CT molecular complexity index is 373. The molecule has 0 saturated carbocycles. The van der Waals surface area contributed by atoms with Crippen molar-refractivity contribution in [1.82, 2.24) is 10.2 Å². The van der Waals surface area contributed by atoms with E-state index in [0.717, 1.165) is 38.5 Å². The van der Waals surface area contributed by atoms with E-state index in [1.54, 1.807) is 0 Å². The molecule has 0 heterocycles. The molecule has 0 aliphatic carbocycles. The van der Waals surface area contributed by atoms with Crippen LogP contribution in [-0.4, -0.2) is 37.2 Å². The molecule has 1 aromatic rings. The lowest BCUT2D eigenvalue weighted by molar-refractivity contribution is 0.160. The van der Waals surface area contributed by atoms with E-state index in [9.17, 15) is 0 Å². The first-order valence-corrected chi connectivity index (χ1v) is 8.19. The number of benzene rings is 1. The summed E-state index contributed by atoms with van der Waals surface area (Å²) in [5.74, 6) is 1.65. The van der Waals surface area contributed by atoms with Crippen molar-refractivity contribution in [3.8, 4) is 5.75 Å². The molecule has 0 spiro atoms. The van der Waals surface area contributed by atoms with E-state index in [0.29, 0.717) is 12.0 Å². The van der Waals surface area contributed by atoms with Gasteiger partial charge >= 0.3 is 0 Å². The lowest BCUT2D eigenvalue weighted by Crippen LogP contribution is -2.37. The van der Waals surface area contributed by atoms with Gasteiger partial charge in [-0.05, 0) is 44.0 Å². The lowest BCUT2D eigenvalue weighted by Gasteiger charge is -2.28. The molecule has 120 valence electrons. The Morgan fingerprint density at radius 1 is 1.10 bits per heavy atom. The minimum atomic E-state index is 0.568. The molecule has 0 aliphatic heterocycles. The molecule has 0 unspecified atom stereocenters. The third-order valence-corrected chi connectivity index (χ3v) is 3.48. The van der Waals surface area contributed by atoms with Crippen molar-refractivity contribution in [2.24, 2.45) is 5.92 Å². The summed E-state index contributed by atoms with van der Waals surface area (Å²) in [5.41, 5.74) is 1.30. The number of nitrogens with zero attached hydrogens (tertiary/aromatic N) is 1. The van der Waals surface area contributed by atoms with E-state index in [4.69, 9.17) is 4.74 Å². The first-order chi connectivity index (χ1) is 10.0. The van der Waals surface area contributed by atoms with Crippen LogP contribution >= 0.6 is 0 Å². The Kier molecular flexibility index (Phi) is 8.40. The predicted octanol–water partition coefficient (Wildman–Crippen LogP) is 3.54. The SMILES string of the molecule is CCNCc1ccc(OCCN(CC(C)C)C(C)C)cc1. The van der Waals surface area contributed by atoms with Crippen molar-refractivity contribution in [3.63, 3.8) is 0 Å². The molecule has 3 nitrogen and oxygen atoms in total. The Morgan fingerprint density at radius 2 is 1.76 bits per heavy atom. The summed E-state index contributed by atoms with van der Waals surface area (Å²) < 4.78 is 5.87. The number of hydrogen-bond donors (Lipinski definition) is 1. The van der Waals surface area contributed by atoms with E-state index in [1.165, 1.54) is 5.56 Å². The van der Waals surface area contributed by atoms with Gasteiger partial charge in [0, 0.05) is 25.7 Å². The van der Waals surface area contributed by atoms with Gasteiger partial charge in [-0.1, -0.05) is 32.9 Å². The van der Waals surface area contributed by atoms with E-state index in [1.807, 2.05) is 0 Å². The van der Waals surface area contributed by atoms with Crippen molar-refractivity contribution >= 4 is 0 Å². The smallest absolute Gasteiger partial charge is 0.119 e. The van der Waals surface area contributed by atoms with E-state index < -0.39 is 0 Å². The molecular weight excluding hydrogens is 260 g/mol. The van der Waals surface area contributed by atoms with Crippen LogP contribution in [-0.2, 0) is 6.54 Å². The highest BCUT2D eigenvalue weighted by Crippen LogP contribution is 2.12. The molecule has 0 saturated heterocycles. The number of ether oxygens (including phenoxy) is 1. The molecular formula is C18H32N2O. The molecule has 0 radical (unpaired) electrons. The number of rotatable bonds is 10. The molecule has 0 aliphatic rings. The lowest BCUT2D eigenvalue weighted by atomic mass is 10.2. The van der Waals surface area contributed by atoms with Crippen molar-refractivity contribution < 1.29 is 4.74 Å². The van der Waals surface area contributed by atoms with Crippen LogP contribution in [0, 0.1) is 5.92 Å². The zero-order chi connectivity index (χ0) is 15.7. The van der Waals surface area contributed by atoms with Gasteiger partial charge in [-0.2, -0.15) is 0 Å². The molecule has 0 fully saturated rings. The monoisotopic (exact) mass is 292 g/mol. The molecule has 0 amide bonds. The Hall–Kier alpha value is -1.06. The number of hydrogen-bond acceptors (Lipinski definition) is 3. The van der Waals surface area contributed by atoms with Gasteiger partial charge in [0.2, 0.25) is 0 Å². The molecule has 1 aromatic carbocycles. The van der Waals surface area contributed by atoms with Gasteiger partial charge in [-0.15, -0.1) is 0 Å². The van der Waals surface area contributed by atoms with Crippen molar-refractivity contribution in [1.29, 1.82) is 0 Å². The fourth-order valence-electron chi connectivity index (χ4n) is 2.28. The molecule has 0 bridgehead atoms. The number of nitrogens with one attached hydrogen (secondary N) is 1. The van der Waals surface area contributed by atoms with Crippen LogP contribution in [0.5, 0.6) is 5.75 Å². The summed E-state index contributed by atoms with van der Waals surface area (Å²) >= 11 is 0. The van der Waals surface area contributed by atoms with Crippen LogP contribution in [0.1, 0.15) is 40.2 Å². The van der Waals surface area contributed by atoms with E-state index in [2.05, 4.69) is 69.1 Å². The van der Waals surface area contributed by atoms with E-state index >= 15 is 0 Å². The average Bonchev–Trinajstić information content (AvgIpc) is 2.44. The second-order valence-electron chi connectivity index (χ2n) is 6.26. The Morgan fingerprint density at radius 3 is 2.29 bits per heavy atom. The Balaban J connectivity index is 2.36. The third kappa shape index (κ3) is 7.49. The maximum Gasteiger partial charge on any atom is 0.119 e. The Labute approximate surface area is 130 Å². The zero-order valence-electron chi connectivity index (χ0n) is 14.4. The quantitative estimate of drug-likeness (QED) is 0.714. The van der Waals surface area contributed by atoms with Crippen LogP contribution in [0.2, 0.25) is 0 Å². The third-order valence-electron chi connectivity index (χ3n) is 3.48. The van der Waals surface area contributed by atoms with Gasteiger partial charge in [0.25, 0.3) is 0 Å². The first-order valence-electron chi connectivity index (χ1n) is 8.19. The first kappa shape index (κ1) is 18.0. The molecule has 0 atom stereocenters. The summed E-state index contributed by atoms with van der Waals surface area (Å²) in [5, 5.41) is 3.33. The normalized spacial score (nSPS) is 11.6. The van der Waals surface area contributed by atoms with Gasteiger partial charge in [-0.3, -0.25) is 4.90 Å². The summed E-state index contributed by atoms with van der Waals surface area (Å²) in [6.45, 7) is 15.9. The van der Waals surface area contributed by atoms with Gasteiger partial charge in [0.1, 0.15) is 12.4 Å². The van der Waals surface area contributed by atoms with Crippen molar-refractivity contribution in [2.75, 3.05) is 26.2 Å². The minimum absolute atomic E-state index is 0.568. The summed E-state index contributed by atoms with van der Waals surface area (Å²) in [6, 6.07) is 8.96. The summed E-state index contributed by atoms with van der Waals surface area (Å²) in [4.78, 5) is 2.48. The van der Waals surface area contributed by atoms with Gasteiger partial charge in [-0.25, -0.2) is 0 Å². The topological polar surface area (TPSA) is 24.5 Å². The maximum absolute atomic E-state index is 5.87. The highest BCUT2D eigenvalue weighted by Gasteiger charge is 2.11. The van der Waals surface area contributed by atoms with Gasteiger partial charge in [0.15, 0.2) is 0 Å². The summed E-state index contributed by atoms with van der Waals surface area (Å²) in [6.07, 6.45) is 0. The minimum Gasteiger partial charge on any atom is -0.492 e. The molecule has 1 rings (SSSR count). The second kappa shape index (κ2) is 9.80. The van der Waals surface area contributed by atoms with Gasteiger partial charge in [0.05, 0.1) is 0 Å². The average molecular weight is 292 g/mol. The van der Waals surface area contributed by atoms with Gasteiger partial charge < -0.3 is 10.1 Å². The van der Waals surface area contributed by atoms with E-state index in [-0.39, 0.29) is 0 Å². The van der Waals surface area contributed by atoms with Crippen molar-refractivity contribution in [2.45, 2.75) is 47.2 Å². The summed E-state index contributed by atoms with van der Waals surface area (Å²) in [7, 11) is 0. The fraction of sp³-hybridized carbons (Fsp3) is 0.667. The standard InChI is InChI=1S/C18H32N2O/c1-6-19-13-17-7-9-18(10-8-17)21-12-11-20(16(4)5)14-15(2)3/h7-10,15-16,19H,6,11-14H2,1-5H3. The van der Waals surface area contributed by atoms with Crippen LogP contribution in [0.25, 0.3) is 0 Å². The highest BCUT2D eigenvalue weighted by atomic mass is 16.5. The fourth-order valence-corrected chi connectivity index (χ4v) is 2.28. The van der Waals surface area contributed by atoms with Crippen LogP contribution in [0.15, 0.2) is 24.3 Å². The molecule has 1 N–H and O–H groups in total.